The first-order valence-electron chi connectivity index (χ1n) is 8.95. The summed E-state index contributed by atoms with van der Waals surface area (Å²) in [5.74, 6) is 1.07. The van der Waals surface area contributed by atoms with Crippen molar-refractivity contribution >= 4 is 32.7 Å². The molecular weight excluding hydrogens is 398 g/mol. The molecule has 0 atom stereocenters. The largest absolute Gasteiger partial charge is 0.495 e. The zero-order valence-corrected chi connectivity index (χ0v) is 16.8. The molecule has 10 nitrogen and oxygen atoms in total. The molecule has 1 aromatic carbocycles. The van der Waals surface area contributed by atoms with E-state index < -0.39 is 10.0 Å². The van der Waals surface area contributed by atoms with Gasteiger partial charge in [-0.3, -0.25) is 0 Å². The van der Waals surface area contributed by atoms with Crippen molar-refractivity contribution in [1.82, 2.24) is 19.3 Å². The number of aromatic amines is 1. The molecule has 0 unspecified atom stereocenters. The SMILES string of the molecule is COc1cc(S(=O)(=O)N2CCOCC2)ccc1Nc1nc(OC)c2cc[nH]c2n1. The summed E-state index contributed by atoms with van der Waals surface area (Å²) in [6, 6.07) is 6.46. The quantitative estimate of drug-likeness (QED) is 0.620. The number of ether oxygens (including phenoxy) is 3. The van der Waals surface area contributed by atoms with Crippen LogP contribution in [0.5, 0.6) is 11.6 Å². The van der Waals surface area contributed by atoms with Crippen LogP contribution in [-0.4, -0.2) is 68.2 Å². The fourth-order valence-electron chi connectivity index (χ4n) is 3.12. The number of hydrogen-bond donors (Lipinski definition) is 2. The Morgan fingerprint density at radius 1 is 1.14 bits per heavy atom. The number of hydrogen-bond acceptors (Lipinski definition) is 8. The molecule has 1 saturated heterocycles. The van der Waals surface area contributed by atoms with Crippen molar-refractivity contribution in [2.24, 2.45) is 0 Å². The summed E-state index contributed by atoms with van der Waals surface area (Å²) >= 11 is 0. The molecule has 2 N–H and O–H groups in total. The molecule has 2 aromatic heterocycles. The molecule has 0 aliphatic carbocycles. The molecular formula is C18H21N5O5S. The molecule has 3 aromatic rings. The number of fused-ring (bicyclic) bond motifs is 1. The van der Waals surface area contributed by atoms with Crippen LogP contribution in [0.1, 0.15) is 0 Å². The Labute approximate surface area is 167 Å². The Balaban J connectivity index is 1.65. The van der Waals surface area contributed by atoms with Crippen LogP contribution in [0.15, 0.2) is 35.4 Å². The van der Waals surface area contributed by atoms with Gasteiger partial charge in [-0.2, -0.15) is 14.3 Å². The van der Waals surface area contributed by atoms with Crippen LogP contribution >= 0.6 is 0 Å². The zero-order chi connectivity index (χ0) is 20.4. The van der Waals surface area contributed by atoms with E-state index in [1.807, 2.05) is 6.07 Å². The van der Waals surface area contributed by atoms with E-state index in [0.717, 1.165) is 5.39 Å². The zero-order valence-electron chi connectivity index (χ0n) is 16.0. The van der Waals surface area contributed by atoms with E-state index in [1.165, 1.54) is 30.7 Å². The highest BCUT2D eigenvalue weighted by molar-refractivity contribution is 7.89. The smallest absolute Gasteiger partial charge is 0.243 e. The van der Waals surface area contributed by atoms with Gasteiger partial charge < -0.3 is 24.5 Å². The number of sulfonamides is 1. The minimum Gasteiger partial charge on any atom is -0.495 e. The third-order valence-electron chi connectivity index (χ3n) is 4.60. The van der Waals surface area contributed by atoms with Crippen LogP contribution in [-0.2, 0) is 14.8 Å². The molecule has 11 heteroatoms. The normalized spacial score (nSPS) is 15.4. The molecule has 1 aliphatic heterocycles. The third-order valence-corrected chi connectivity index (χ3v) is 6.50. The molecule has 1 aliphatic rings. The standard InChI is InChI=1S/C18H21N5O5S/c1-26-15-11-12(29(24,25)23-7-9-28-10-8-23)3-4-14(15)20-18-21-16-13(5-6-19-16)17(22-18)27-2/h3-6,11H,7-10H2,1-2H3,(H2,19,20,21,22). The van der Waals surface area contributed by atoms with Gasteiger partial charge >= 0.3 is 0 Å². The Hall–Kier alpha value is -2.89. The molecule has 0 bridgehead atoms. The molecule has 154 valence electrons. The lowest BCUT2D eigenvalue weighted by Crippen LogP contribution is -2.40. The molecule has 3 heterocycles. The molecule has 0 amide bonds. The summed E-state index contributed by atoms with van der Waals surface area (Å²) in [7, 11) is -0.621. The molecule has 1 fully saturated rings. The van der Waals surface area contributed by atoms with E-state index in [1.54, 1.807) is 12.3 Å². The monoisotopic (exact) mass is 419 g/mol. The lowest BCUT2D eigenvalue weighted by Gasteiger charge is -2.26. The first-order chi connectivity index (χ1) is 14.0. The van der Waals surface area contributed by atoms with Crippen LogP contribution in [0.3, 0.4) is 0 Å². The second-order valence-corrected chi connectivity index (χ2v) is 8.24. The van der Waals surface area contributed by atoms with Crippen molar-refractivity contribution in [3.8, 4) is 11.6 Å². The van der Waals surface area contributed by atoms with Crippen molar-refractivity contribution < 1.29 is 22.6 Å². The highest BCUT2D eigenvalue weighted by Gasteiger charge is 2.27. The van der Waals surface area contributed by atoms with Gasteiger partial charge in [-0.05, 0) is 18.2 Å². The lowest BCUT2D eigenvalue weighted by atomic mass is 10.3. The topological polar surface area (TPSA) is 119 Å². The van der Waals surface area contributed by atoms with E-state index in [0.29, 0.717) is 55.2 Å². The minimum absolute atomic E-state index is 0.153. The second kappa shape index (κ2) is 7.85. The maximum atomic E-state index is 12.9. The summed E-state index contributed by atoms with van der Waals surface area (Å²) in [6.07, 6.45) is 1.75. The van der Waals surface area contributed by atoms with Gasteiger partial charge in [0, 0.05) is 25.4 Å². The number of nitrogens with zero attached hydrogens (tertiary/aromatic N) is 3. The highest BCUT2D eigenvalue weighted by Crippen LogP contribution is 2.32. The van der Waals surface area contributed by atoms with Gasteiger partial charge in [-0.15, -0.1) is 0 Å². The van der Waals surface area contributed by atoms with Crippen molar-refractivity contribution in [1.29, 1.82) is 0 Å². The first-order valence-corrected chi connectivity index (χ1v) is 10.4. The van der Waals surface area contributed by atoms with E-state index in [-0.39, 0.29) is 4.90 Å². The Kier molecular flexibility index (Phi) is 5.26. The predicted octanol–water partition coefficient (Wildman–Crippen LogP) is 1.74. The van der Waals surface area contributed by atoms with Crippen molar-refractivity contribution in [3.63, 3.8) is 0 Å². The lowest BCUT2D eigenvalue weighted by molar-refractivity contribution is 0.0730. The number of rotatable bonds is 6. The second-order valence-electron chi connectivity index (χ2n) is 6.30. The number of H-pyrrole nitrogens is 1. The third kappa shape index (κ3) is 3.71. The molecule has 0 saturated carbocycles. The van der Waals surface area contributed by atoms with Gasteiger partial charge in [-0.1, -0.05) is 0 Å². The highest BCUT2D eigenvalue weighted by atomic mass is 32.2. The van der Waals surface area contributed by atoms with Crippen LogP contribution < -0.4 is 14.8 Å². The maximum Gasteiger partial charge on any atom is 0.243 e. The summed E-state index contributed by atoms with van der Waals surface area (Å²) in [4.78, 5) is 11.9. The van der Waals surface area contributed by atoms with Gasteiger partial charge in [-0.25, -0.2) is 8.42 Å². The Morgan fingerprint density at radius 2 is 1.93 bits per heavy atom. The number of morpholine rings is 1. The number of aromatic nitrogens is 3. The minimum atomic E-state index is -3.63. The number of nitrogens with one attached hydrogen (secondary N) is 2. The summed E-state index contributed by atoms with van der Waals surface area (Å²) in [6.45, 7) is 1.43. The summed E-state index contributed by atoms with van der Waals surface area (Å²) in [5.41, 5.74) is 1.14. The average Bonchev–Trinajstić information content (AvgIpc) is 3.22. The number of benzene rings is 1. The van der Waals surface area contributed by atoms with Crippen molar-refractivity contribution in [3.05, 3.63) is 30.5 Å². The van der Waals surface area contributed by atoms with E-state index in [2.05, 4.69) is 20.3 Å². The number of methoxy groups -OCH3 is 2. The van der Waals surface area contributed by atoms with Gasteiger partial charge in [0.05, 0.1) is 43.4 Å². The van der Waals surface area contributed by atoms with Crippen molar-refractivity contribution in [2.75, 3.05) is 45.8 Å². The van der Waals surface area contributed by atoms with Crippen molar-refractivity contribution in [2.45, 2.75) is 4.90 Å². The summed E-state index contributed by atoms with van der Waals surface area (Å²) in [5, 5.41) is 3.82. The molecule has 0 radical (unpaired) electrons. The maximum absolute atomic E-state index is 12.9. The fourth-order valence-corrected chi connectivity index (χ4v) is 4.54. The van der Waals surface area contributed by atoms with Crippen LogP contribution in [0, 0.1) is 0 Å². The van der Waals surface area contributed by atoms with Crippen LogP contribution in [0.2, 0.25) is 0 Å². The van der Waals surface area contributed by atoms with E-state index in [9.17, 15) is 8.42 Å². The van der Waals surface area contributed by atoms with Gasteiger partial charge in [0.1, 0.15) is 11.4 Å². The van der Waals surface area contributed by atoms with Gasteiger partial charge in [0.2, 0.25) is 21.9 Å². The first kappa shape index (κ1) is 19.4. The van der Waals surface area contributed by atoms with Gasteiger partial charge in [0.15, 0.2) is 0 Å². The van der Waals surface area contributed by atoms with Gasteiger partial charge in [0.25, 0.3) is 0 Å². The molecule has 29 heavy (non-hydrogen) atoms. The summed E-state index contributed by atoms with van der Waals surface area (Å²) < 4.78 is 43.1. The van der Waals surface area contributed by atoms with E-state index >= 15 is 0 Å². The Morgan fingerprint density at radius 3 is 2.66 bits per heavy atom. The van der Waals surface area contributed by atoms with Crippen LogP contribution in [0.25, 0.3) is 11.0 Å². The average molecular weight is 419 g/mol. The predicted molar refractivity (Wildman–Crippen MR) is 106 cm³/mol. The molecule has 4 rings (SSSR count). The van der Waals surface area contributed by atoms with E-state index in [4.69, 9.17) is 14.2 Å². The van der Waals surface area contributed by atoms with Crippen LogP contribution in [0.4, 0.5) is 11.6 Å². The molecule has 0 spiro atoms. The Bertz CT molecular complexity index is 1120. The fraction of sp³-hybridized carbons (Fsp3) is 0.333. The number of anilines is 2.